The van der Waals surface area contributed by atoms with E-state index in [4.69, 9.17) is 8.95 Å². The topological polar surface area (TPSA) is 35.3 Å². The second kappa shape index (κ2) is 4.71. The highest BCUT2D eigenvalue weighted by atomic mass is 28.4. The van der Waals surface area contributed by atoms with E-state index in [1.807, 2.05) is 6.07 Å². The molecule has 0 aromatic carbocycles. The van der Waals surface area contributed by atoms with Crippen LogP contribution >= 0.6 is 0 Å². The van der Waals surface area contributed by atoms with E-state index in [1.54, 1.807) is 0 Å². The van der Waals surface area contributed by atoms with Crippen LogP contribution in [-0.2, 0) is 17.5 Å². The molecule has 0 radical (unpaired) electrons. The normalized spacial score (nSPS) is 13.1. The molecule has 0 unspecified atom stereocenters. The van der Waals surface area contributed by atoms with Gasteiger partial charge in [-0.1, -0.05) is 32.9 Å². The number of aryl methyl sites for hydroxylation is 1. The standard InChI is InChI=1S/C12H23NO2Si/c1-7-10-8-11(15-13-10)9-14-16(5,6)12(2,3)4/h8H,7,9H2,1-6H3. The lowest BCUT2D eigenvalue weighted by molar-refractivity contribution is 0.229. The Labute approximate surface area is 99.3 Å². The van der Waals surface area contributed by atoms with E-state index in [9.17, 15) is 0 Å². The summed E-state index contributed by atoms with van der Waals surface area (Å²) in [5.74, 6) is 0.835. The van der Waals surface area contributed by atoms with Gasteiger partial charge in [0.05, 0.1) is 12.3 Å². The molecule has 0 atom stereocenters. The minimum Gasteiger partial charge on any atom is -0.409 e. The third-order valence-electron chi connectivity index (χ3n) is 3.35. The van der Waals surface area contributed by atoms with Crippen molar-refractivity contribution in [1.82, 2.24) is 5.16 Å². The average molecular weight is 241 g/mol. The summed E-state index contributed by atoms with van der Waals surface area (Å²) in [7, 11) is -1.68. The lowest BCUT2D eigenvalue weighted by Gasteiger charge is -2.35. The Balaban J connectivity index is 2.57. The van der Waals surface area contributed by atoms with Crippen molar-refractivity contribution < 1.29 is 8.95 Å². The van der Waals surface area contributed by atoms with Crippen LogP contribution in [0.2, 0.25) is 18.1 Å². The van der Waals surface area contributed by atoms with Crippen molar-refractivity contribution in [3.63, 3.8) is 0 Å². The number of aromatic nitrogens is 1. The van der Waals surface area contributed by atoms with Crippen molar-refractivity contribution in [2.45, 2.75) is 58.9 Å². The minimum atomic E-state index is -1.68. The zero-order valence-electron chi connectivity index (χ0n) is 11.3. The van der Waals surface area contributed by atoms with Gasteiger partial charge in [-0.05, 0) is 24.6 Å². The molecule has 0 aliphatic heterocycles. The predicted molar refractivity (Wildman–Crippen MR) is 67.9 cm³/mol. The van der Waals surface area contributed by atoms with Gasteiger partial charge in [0.1, 0.15) is 0 Å². The van der Waals surface area contributed by atoms with Gasteiger partial charge in [0, 0.05) is 6.07 Å². The Morgan fingerprint density at radius 3 is 2.44 bits per heavy atom. The first-order valence-corrected chi connectivity index (χ1v) is 8.75. The predicted octanol–water partition coefficient (Wildman–Crippen LogP) is 3.76. The zero-order valence-corrected chi connectivity index (χ0v) is 12.3. The van der Waals surface area contributed by atoms with Crippen molar-refractivity contribution in [2.24, 2.45) is 0 Å². The lowest BCUT2D eigenvalue weighted by atomic mass is 10.2. The Kier molecular flexibility index (Phi) is 3.96. The van der Waals surface area contributed by atoms with Crippen LogP contribution in [0.15, 0.2) is 10.6 Å². The smallest absolute Gasteiger partial charge is 0.192 e. The highest BCUT2D eigenvalue weighted by molar-refractivity contribution is 6.74. The molecule has 0 N–H and O–H groups in total. The van der Waals surface area contributed by atoms with Gasteiger partial charge in [-0.15, -0.1) is 0 Å². The average Bonchev–Trinajstić information content (AvgIpc) is 2.60. The maximum absolute atomic E-state index is 6.04. The van der Waals surface area contributed by atoms with Gasteiger partial charge in [0.15, 0.2) is 14.1 Å². The fourth-order valence-electron chi connectivity index (χ4n) is 1.06. The van der Waals surface area contributed by atoms with E-state index in [0.29, 0.717) is 6.61 Å². The second-order valence-electron chi connectivity index (χ2n) is 5.69. The molecular formula is C12H23NO2Si. The van der Waals surface area contributed by atoms with Crippen LogP contribution in [0.3, 0.4) is 0 Å². The third-order valence-corrected chi connectivity index (χ3v) is 7.83. The summed E-state index contributed by atoms with van der Waals surface area (Å²) >= 11 is 0. The number of nitrogens with zero attached hydrogens (tertiary/aromatic N) is 1. The monoisotopic (exact) mass is 241 g/mol. The summed E-state index contributed by atoms with van der Waals surface area (Å²) in [6, 6.07) is 1.98. The molecular weight excluding hydrogens is 218 g/mol. The van der Waals surface area contributed by atoms with Gasteiger partial charge in [-0.2, -0.15) is 0 Å². The zero-order chi connectivity index (χ0) is 12.4. The molecule has 0 saturated carbocycles. The number of hydrogen-bond acceptors (Lipinski definition) is 3. The molecule has 1 rings (SSSR count). The van der Waals surface area contributed by atoms with Crippen LogP contribution in [-0.4, -0.2) is 13.5 Å². The fraction of sp³-hybridized carbons (Fsp3) is 0.750. The first kappa shape index (κ1) is 13.5. The summed E-state index contributed by atoms with van der Waals surface area (Å²) < 4.78 is 11.3. The van der Waals surface area contributed by atoms with Crippen LogP contribution in [0.5, 0.6) is 0 Å². The molecule has 0 fully saturated rings. The van der Waals surface area contributed by atoms with Crippen molar-refractivity contribution in [3.05, 3.63) is 17.5 Å². The van der Waals surface area contributed by atoms with E-state index in [-0.39, 0.29) is 5.04 Å². The molecule has 3 nitrogen and oxygen atoms in total. The Bertz CT molecular complexity index is 339. The lowest BCUT2D eigenvalue weighted by Crippen LogP contribution is -2.40. The highest BCUT2D eigenvalue weighted by Crippen LogP contribution is 2.37. The molecule has 0 spiro atoms. The third kappa shape index (κ3) is 3.19. The molecule has 16 heavy (non-hydrogen) atoms. The van der Waals surface area contributed by atoms with Crippen LogP contribution in [0.25, 0.3) is 0 Å². The molecule has 0 bridgehead atoms. The molecule has 1 aromatic rings. The summed E-state index contributed by atoms with van der Waals surface area (Å²) in [5, 5.41) is 4.19. The number of hydrogen-bond donors (Lipinski definition) is 0. The summed E-state index contributed by atoms with van der Waals surface area (Å²) in [5.41, 5.74) is 0.994. The Morgan fingerprint density at radius 1 is 1.38 bits per heavy atom. The first-order valence-electron chi connectivity index (χ1n) is 5.84. The van der Waals surface area contributed by atoms with E-state index >= 15 is 0 Å². The Morgan fingerprint density at radius 2 is 2.00 bits per heavy atom. The van der Waals surface area contributed by atoms with E-state index < -0.39 is 8.32 Å². The highest BCUT2D eigenvalue weighted by Gasteiger charge is 2.37. The summed E-state index contributed by atoms with van der Waals surface area (Å²) in [6.07, 6.45) is 0.906. The number of rotatable bonds is 4. The van der Waals surface area contributed by atoms with Gasteiger partial charge >= 0.3 is 0 Å². The van der Waals surface area contributed by atoms with Crippen molar-refractivity contribution in [1.29, 1.82) is 0 Å². The first-order chi connectivity index (χ1) is 7.26. The minimum absolute atomic E-state index is 0.237. The van der Waals surface area contributed by atoms with Gasteiger partial charge in [-0.25, -0.2) is 0 Å². The molecule has 92 valence electrons. The molecule has 0 aliphatic rings. The van der Waals surface area contributed by atoms with Crippen LogP contribution in [0.4, 0.5) is 0 Å². The molecule has 0 aliphatic carbocycles. The van der Waals surface area contributed by atoms with Crippen molar-refractivity contribution >= 4 is 8.32 Å². The SMILES string of the molecule is CCc1cc(CO[Si](C)(C)C(C)(C)C)on1. The quantitative estimate of drug-likeness (QED) is 0.753. The Hall–Kier alpha value is -0.613. The van der Waals surface area contributed by atoms with Crippen LogP contribution < -0.4 is 0 Å². The maximum Gasteiger partial charge on any atom is 0.192 e. The summed E-state index contributed by atoms with van der Waals surface area (Å²) in [4.78, 5) is 0. The van der Waals surface area contributed by atoms with Gasteiger partial charge in [0.2, 0.25) is 0 Å². The van der Waals surface area contributed by atoms with Gasteiger partial charge in [-0.3, -0.25) is 0 Å². The largest absolute Gasteiger partial charge is 0.409 e. The van der Waals surface area contributed by atoms with Gasteiger partial charge in [0.25, 0.3) is 0 Å². The molecule has 0 amide bonds. The fourth-order valence-corrected chi connectivity index (χ4v) is 1.99. The van der Waals surface area contributed by atoms with Gasteiger partial charge < -0.3 is 8.95 Å². The van der Waals surface area contributed by atoms with E-state index in [0.717, 1.165) is 17.9 Å². The maximum atomic E-state index is 6.04. The van der Waals surface area contributed by atoms with E-state index in [2.05, 4.69) is 45.9 Å². The van der Waals surface area contributed by atoms with Crippen LogP contribution in [0, 0.1) is 0 Å². The van der Waals surface area contributed by atoms with Crippen molar-refractivity contribution in [2.75, 3.05) is 0 Å². The molecule has 4 heteroatoms. The second-order valence-corrected chi connectivity index (χ2v) is 10.5. The van der Waals surface area contributed by atoms with E-state index in [1.165, 1.54) is 0 Å². The van der Waals surface area contributed by atoms with Crippen molar-refractivity contribution in [3.8, 4) is 0 Å². The van der Waals surface area contributed by atoms with Crippen LogP contribution in [0.1, 0.15) is 39.1 Å². The summed E-state index contributed by atoms with van der Waals surface area (Å²) in [6.45, 7) is 13.8. The molecule has 1 heterocycles. The molecule has 1 aromatic heterocycles. The molecule has 0 saturated heterocycles.